The monoisotopic (exact) mass is 337 g/mol. The molecule has 0 heterocycles. The van der Waals surface area contributed by atoms with Crippen molar-refractivity contribution in [3.8, 4) is 0 Å². The average molecular weight is 337 g/mol. The first kappa shape index (κ1) is 15.8. The Morgan fingerprint density at radius 3 is 2.32 bits per heavy atom. The predicted molar refractivity (Wildman–Crippen MR) is 70.5 cm³/mol. The normalized spacial score (nSPS) is 37.4. The second kappa shape index (κ2) is 4.70. The summed E-state index contributed by atoms with van der Waals surface area (Å²) >= 11 is 0. The van der Waals surface area contributed by atoms with Gasteiger partial charge in [-0.1, -0.05) is 0 Å². The molecule has 0 aromatic carbocycles. The predicted octanol–water partition coefficient (Wildman–Crippen LogP) is 0.979. The quantitative estimate of drug-likeness (QED) is 0.745. The van der Waals surface area contributed by atoms with Crippen LogP contribution in [0.5, 0.6) is 0 Å². The molecule has 4 bridgehead atoms. The first-order chi connectivity index (χ1) is 10.0. The van der Waals surface area contributed by atoms with Crippen LogP contribution in [0.3, 0.4) is 0 Å². The van der Waals surface area contributed by atoms with Crippen LogP contribution in [-0.2, 0) is 19.7 Å². The molecule has 124 valence electrons. The van der Waals surface area contributed by atoms with E-state index < -0.39 is 26.7 Å². The lowest BCUT2D eigenvalue weighted by Crippen LogP contribution is -2.56. The van der Waals surface area contributed by atoms with E-state index in [2.05, 4.69) is 0 Å². The van der Waals surface area contributed by atoms with Gasteiger partial charge >= 0.3 is 21.3 Å². The molecule has 0 saturated heterocycles. The van der Waals surface area contributed by atoms with Crippen molar-refractivity contribution in [2.75, 3.05) is 6.54 Å². The smallest absolute Gasteiger partial charge is 0.349 e. The lowest BCUT2D eigenvalue weighted by molar-refractivity contribution is -0.148. The molecule has 4 rings (SSSR count). The van der Waals surface area contributed by atoms with Crippen LogP contribution >= 0.6 is 0 Å². The summed E-state index contributed by atoms with van der Waals surface area (Å²) in [5.41, 5.74) is -0.407. The fourth-order valence-corrected chi connectivity index (χ4v) is 4.92. The van der Waals surface area contributed by atoms with Crippen molar-refractivity contribution in [1.29, 1.82) is 0 Å². The Bertz CT molecular complexity index is 614. The molecular weight excluding hydrogens is 320 g/mol. The number of Topliss-reactive ketones (excluding diaryl/α,β-unsaturated/α-hetero) is 1. The van der Waals surface area contributed by atoms with Gasteiger partial charge in [0, 0.05) is 18.4 Å². The largest absolute Gasteiger partial charge is 0.446 e. The number of alkyl halides is 2. The summed E-state index contributed by atoms with van der Waals surface area (Å²) in [7, 11) is -5.79. The Morgan fingerprint density at radius 1 is 1.27 bits per heavy atom. The third-order valence-corrected chi connectivity index (χ3v) is 6.17. The molecule has 4 fully saturated rings. The summed E-state index contributed by atoms with van der Waals surface area (Å²) in [4.78, 5) is 23.4. The van der Waals surface area contributed by atoms with Crippen LogP contribution < -0.4 is 5.32 Å². The van der Waals surface area contributed by atoms with Crippen LogP contribution in [0, 0.1) is 23.2 Å². The highest BCUT2D eigenvalue weighted by Crippen LogP contribution is 2.58. The molecule has 0 aliphatic heterocycles. The maximum atomic E-state index is 13.2. The summed E-state index contributed by atoms with van der Waals surface area (Å²) in [6.07, 6.45) is 3.51. The van der Waals surface area contributed by atoms with E-state index in [1.54, 1.807) is 0 Å². The molecular formula is C13H17F2NO5S. The van der Waals surface area contributed by atoms with Gasteiger partial charge in [0.15, 0.2) is 0 Å². The van der Waals surface area contributed by atoms with Crippen LogP contribution in [-0.4, -0.2) is 36.5 Å². The highest BCUT2D eigenvalue weighted by atomic mass is 32.2. The maximum Gasteiger partial charge on any atom is 0.446 e. The zero-order chi connectivity index (χ0) is 16.3. The lowest BCUT2D eigenvalue weighted by atomic mass is 9.49. The molecule has 4 saturated carbocycles. The van der Waals surface area contributed by atoms with Gasteiger partial charge in [-0.25, -0.2) is 0 Å². The van der Waals surface area contributed by atoms with E-state index in [9.17, 15) is 26.8 Å². The molecule has 22 heavy (non-hydrogen) atoms. The minimum absolute atomic E-state index is 0.0646. The summed E-state index contributed by atoms with van der Waals surface area (Å²) in [6.45, 7) is -0.0896. The molecule has 6 nitrogen and oxygen atoms in total. The molecule has 1 amide bonds. The van der Waals surface area contributed by atoms with Crippen molar-refractivity contribution in [1.82, 2.24) is 5.32 Å². The van der Waals surface area contributed by atoms with Gasteiger partial charge in [0.1, 0.15) is 5.78 Å². The summed E-state index contributed by atoms with van der Waals surface area (Å²) in [5, 5.41) is -2.89. The number of halogens is 2. The van der Waals surface area contributed by atoms with Gasteiger partial charge in [-0.05, 0) is 43.4 Å². The fourth-order valence-electron chi connectivity index (χ4n) is 4.61. The van der Waals surface area contributed by atoms with Gasteiger partial charge < -0.3 is 5.32 Å². The van der Waals surface area contributed by atoms with Gasteiger partial charge in [0.25, 0.3) is 0 Å². The van der Waals surface area contributed by atoms with Crippen LogP contribution in [0.2, 0.25) is 0 Å². The van der Waals surface area contributed by atoms with E-state index >= 15 is 0 Å². The van der Waals surface area contributed by atoms with Crippen molar-refractivity contribution in [3.05, 3.63) is 0 Å². The van der Waals surface area contributed by atoms with Crippen molar-refractivity contribution >= 4 is 21.8 Å². The molecule has 0 aromatic heterocycles. The highest BCUT2D eigenvalue weighted by molar-refractivity contribution is 7.87. The van der Waals surface area contributed by atoms with Crippen LogP contribution in [0.15, 0.2) is 0 Å². The summed E-state index contributed by atoms with van der Waals surface area (Å²) in [5.74, 6) is -1.54. The van der Waals surface area contributed by atoms with Crippen molar-refractivity contribution in [2.45, 2.75) is 37.4 Å². The molecule has 0 aromatic rings. The number of rotatable bonds is 4. The first-order valence-electron chi connectivity index (χ1n) is 7.21. The van der Waals surface area contributed by atoms with Crippen molar-refractivity contribution in [2.24, 2.45) is 23.2 Å². The van der Waals surface area contributed by atoms with Gasteiger partial charge in [0.2, 0.25) is 0 Å². The van der Waals surface area contributed by atoms with Gasteiger partial charge in [-0.15, -0.1) is 0 Å². The third-order valence-electron chi connectivity index (χ3n) is 5.33. The number of carbonyl (C=O) groups is 2. The van der Waals surface area contributed by atoms with Gasteiger partial charge in [-0.2, -0.15) is 17.2 Å². The van der Waals surface area contributed by atoms with E-state index in [1.807, 2.05) is 5.32 Å². The molecule has 2 atom stereocenters. The average Bonchev–Trinajstić information content (AvgIpc) is 2.40. The van der Waals surface area contributed by atoms with Crippen LogP contribution in [0.1, 0.15) is 32.1 Å². The van der Waals surface area contributed by atoms with Crippen molar-refractivity contribution < 1.29 is 31.3 Å². The number of carbonyl (C=O) groups excluding carboxylic acids is 2. The van der Waals surface area contributed by atoms with E-state index in [-0.39, 0.29) is 24.2 Å². The standard InChI is InChI=1S/C13H17F2NO5S/c14-13(15,22(19,20)21)11(18)16-6-12-3-7-1-8(4-12)10(17)9(2-7)5-12/h7-9H,1-6H2,(H,16,18)(H,19,20,21). The lowest BCUT2D eigenvalue weighted by Gasteiger charge is -2.55. The third kappa shape index (κ3) is 2.34. The summed E-state index contributed by atoms with van der Waals surface area (Å²) in [6, 6.07) is 0. The van der Waals surface area contributed by atoms with E-state index in [0.29, 0.717) is 18.8 Å². The van der Waals surface area contributed by atoms with Crippen molar-refractivity contribution in [3.63, 3.8) is 0 Å². The second-order valence-corrected chi connectivity index (χ2v) is 8.38. The number of amides is 1. The van der Waals surface area contributed by atoms with Crippen LogP contribution in [0.25, 0.3) is 0 Å². The second-order valence-electron chi connectivity index (χ2n) is 6.92. The summed E-state index contributed by atoms with van der Waals surface area (Å²) < 4.78 is 56.0. The molecule has 2 N–H and O–H groups in total. The Hall–Kier alpha value is -1.09. The van der Waals surface area contributed by atoms with Crippen LogP contribution in [0.4, 0.5) is 8.78 Å². The molecule has 4 aliphatic carbocycles. The number of ketones is 1. The number of hydrogen-bond acceptors (Lipinski definition) is 4. The Morgan fingerprint density at radius 2 is 1.82 bits per heavy atom. The van der Waals surface area contributed by atoms with Gasteiger partial charge in [-0.3, -0.25) is 14.1 Å². The first-order valence-corrected chi connectivity index (χ1v) is 8.65. The molecule has 0 radical (unpaired) electrons. The highest BCUT2D eigenvalue weighted by Gasteiger charge is 2.56. The Labute approximate surface area is 126 Å². The topological polar surface area (TPSA) is 101 Å². The zero-order valence-corrected chi connectivity index (χ0v) is 12.5. The number of hydrogen-bond donors (Lipinski definition) is 2. The SMILES string of the molecule is O=C1C2CC3CC1CC(CNC(=O)C(F)(F)S(=O)(=O)O)(C3)C2. The minimum Gasteiger partial charge on any atom is -0.349 e. The number of nitrogens with one attached hydrogen (secondary N) is 1. The van der Waals surface area contributed by atoms with E-state index in [4.69, 9.17) is 4.55 Å². The van der Waals surface area contributed by atoms with E-state index in [1.165, 1.54) is 0 Å². The van der Waals surface area contributed by atoms with E-state index in [0.717, 1.165) is 19.3 Å². The fraction of sp³-hybridized carbons (Fsp3) is 0.846. The molecule has 2 unspecified atom stereocenters. The molecule has 4 aliphatic rings. The van der Waals surface area contributed by atoms with Gasteiger partial charge in [0.05, 0.1) is 0 Å². The maximum absolute atomic E-state index is 13.2. The minimum atomic E-state index is -5.79. The molecule has 0 spiro atoms. The Kier molecular flexibility index (Phi) is 3.38. The Balaban J connectivity index is 1.70. The zero-order valence-electron chi connectivity index (χ0n) is 11.7. The molecule has 9 heteroatoms.